The zero-order chi connectivity index (χ0) is 55.0. The van der Waals surface area contributed by atoms with Gasteiger partial charge in [0.05, 0.1) is 33.8 Å². The van der Waals surface area contributed by atoms with Gasteiger partial charge in [0, 0.05) is 12.8 Å². The lowest BCUT2D eigenvalue weighted by Gasteiger charge is -2.30. The second-order valence-corrected chi connectivity index (χ2v) is 23.2. The maximum Gasteiger partial charge on any atom is 0.306 e. The van der Waals surface area contributed by atoms with Crippen LogP contribution >= 0.6 is 7.82 Å². The quantitative estimate of drug-likeness (QED) is 0.0212. The van der Waals surface area contributed by atoms with Gasteiger partial charge in [-0.15, -0.1) is 0 Å². The zero-order valence-electron chi connectivity index (χ0n) is 49.5. The van der Waals surface area contributed by atoms with E-state index in [0.29, 0.717) is 17.4 Å². The van der Waals surface area contributed by atoms with Crippen LogP contribution in [0.15, 0.2) is 85.1 Å². The van der Waals surface area contributed by atoms with Crippen molar-refractivity contribution in [2.45, 2.75) is 277 Å². The van der Waals surface area contributed by atoms with E-state index in [1.54, 1.807) is 0 Å². The number of rotatable bonds is 55. The van der Waals surface area contributed by atoms with E-state index in [2.05, 4.69) is 99.0 Å². The number of nitrogens with one attached hydrogen (secondary N) is 1. The lowest BCUT2D eigenvalue weighted by molar-refractivity contribution is -0.870. The Kier molecular flexibility index (Phi) is 52.5. The second kappa shape index (κ2) is 54.5. The fourth-order valence-corrected chi connectivity index (χ4v) is 9.27. The number of phosphoric ester groups is 1. The molecule has 0 rings (SSSR count). The van der Waals surface area contributed by atoms with Gasteiger partial charge in [0.15, 0.2) is 0 Å². The van der Waals surface area contributed by atoms with Crippen molar-refractivity contribution >= 4 is 19.7 Å². The van der Waals surface area contributed by atoms with Crippen LogP contribution in [-0.4, -0.2) is 69.4 Å². The highest BCUT2D eigenvalue weighted by atomic mass is 31.2. The molecule has 0 bridgehead atoms. The van der Waals surface area contributed by atoms with Crippen molar-refractivity contribution in [1.29, 1.82) is 0 Å². The molecule has 0 radical (unpaired) electrons. The SMILES string of the molecule is CC/C=C\C/C=C\C/C=C\C/C=C\C/C=C\CCCCCC(=O)NC(COP(=O)([O-])OCC[N+](C)(C)C)C(/C=C/CCCCCCCCCCCCC)OC(=O)CCCCCCCCC/C=C/CCCCCCCC. The van der Waals surface area contributed by atoms with Crippen molar-refractivity contribution in [2.24, 2.45) is 0 Å². The van der Waals surface area contributed by atoms with Crippen LogP contribution < -0.4 is 10.2 Å². The summed E-state index contributed by atoms with van der Waals surface area (Å²) in [6.07, 6.45) is 71.2. The molecule has 0 aliphatic carbocycles. The molecule has 0 saturated heterocycles. The van der Waals surface area contributed by atoms with Crippen molar-refractivity contribution in [3.05, 3.63) is 85.1 Å². The number of unbranched alkanes of at least 4 members (excludes halogenated alkanes) is 27. The smallest absolute Gasteiger partial charge is 0.306 e. The Morgan fingerprint density at radius 2 is 0.853 bits per heavy atom. The van der Waals surface area contributed by atoms with E-state index in [9.17, 15) is 19.0 Å². The van der Waals surface area contributed by atoms with E-state index in [4.69, 9.17) is 13.8 Å². The predicted molar refractivity (Wildman–Crippen MR) is 321 cm³/mol. The van der Waals surface area contributed by atoms with Crippen molar-refractivity contribution in [2.75, 3.05) is 40.9 Å². The normalized spacial score (nSPS) is 14.3. The average molecular weight is 1070 g/mol. The molecular formula is C65H117N2O7P. The highest BCUT2D eigenvalue weighted by Gasteiger charge is 2.27. The van der Waals surface area contributed by atoms with Crippen molar-refractivity contribution in [1.82, 2.24) is 5.32 Å². The monoisotopic (exact) mass is 1070 g/mol. The molecule has 1 amide bonds. The highest BCUT2D eigenvalue weighted by Crippen LogP contribution is 2.38. The molecule has 3 atom stereocenters. The molecule has 0 spiro atoms. The molecule has 0 aromatic carbocycles. The summed E-state index contributed by atoms with van der Waals surface area (Å²) in [7, 11) is 1.15. The number of likely N-dealkylation sites (N-methyl/N-ethyl adjacent to an activating group) is 1. The first-order valence-electron chi connectivity index (χ1n) is 30.9. The molecule has 9 nitrogen and oxygen atoms in total. The largest absolute Gasteiger partial charge is 0.756 e. The predicted octanol–water partition coefficient (Wildman–Crippen LogP) is 18.4. The number of ether oxygens (including phenoxy) is 1. The Bertz CT molecular complexity index is 1560. The fourth-order valence-electron chi connectivity index (χ4n) is 8.54. The molecule has 0 heterocycles. The Morgan fingerprint density at radius 1 is 0.480 bits per heavy atom. The van der Waals surface area contributed by atoms with Crippen molar-refractivity contribution in [3.8, 4) is 0 Å². The number of carbonyl (C=O) groups is 2. The standard InChI is InChI=1S/C65H117N2O7P/c1-7-10-13-16-19-22-25-28-30-32-33-35-36-39-42-45-48-51-54-57-64(68)66-62(61-73-75(70,71)72-60-59-67(4,5)6)63(56-53-50-47-44-41-38-27-24-21-18-15-12-9-3)74-65(69)58-55-52-49-46-43-40-37-34-31-29-26-23-20-17-14-11-8-2/h10,13,19,22,28-31,33,35,39,42,53,56,62-63H,7-9,11-12,14-18,20-21,23-27,32,34,36-38,40-41,43-52,54-55,57-61H2,1-6H3,(H-,66,68,70,71)/b13-10-,22-19-,30-28-,31-29+,35-33-,42-39-,56-53+. The molecule has 0 saturated carbocycles. The van der Waals surface area contributed by atoms with E-state index < -0.39 is 26.6 Å². The van der Waals surface area contributed by atoms with E-state index in [1.807, 2.05) is 33.3 Å². The minimum atomic E-state index is -4.71. The summed E-state index contributed by atoms with van der Waals surface area (Å²) in [4.78, 5) is 40.0. The Labute approximate surface area is 463 Å². The number of nitrogens with zero attached hydrogens (tertiary/aromatic N) is 1. The van der Waals surface area contributed by atoms with Gasteiger partial charge in [-0.25, -0.2) is 0 Å². The summed E-state index contributed by atoms with van der Waals surface area (Å²) in [5.74, 6) is -0.583. The molecular weight excluding hydrogens is 952 g/mol. The van der Waals surface area contributed by atoms with Gasteiger partial charge in [-0.1, -0.05) is 235 Å². The van der Waals surface area contributed by atoms with E-state index >= 15 is 0 Å². The summed E-state index contributed by atoms with van der Waals surface area (Å²) in [6, 6.07) is -0.911. The third kappa shape index (κ3) is 55.7. The van der Waals surface area contributed by atoms with Crippen LogP contribution in [-0.2, 0) is 27.9 Å². The summed E-state index contributed by atoms with van der Waals surface area (Å²) >= 11 is 0. The maximum absolute atomic E-state index is 13.5. The number of phosphoric acid groups is 1. The summed E-state index contributed by atoms with van der Waals surface area (Å²) in [5, 5.41) is 3.01. The Balaban J connectivity index is 5.37. The van der Waals surface area contributed by atoms with Crippen LogP contribution in [0.4, 0.5) is 0 Å². The first-order valence-corrected chi connectivity index (χ1v) is 32.4. The molecule has 0 aliphatic rings. The third-order valence-electron chi connectivity index (χ3n) is 13.3. The Hall–Kier alpha value is -2.81. The van der Waals surface area contributed by atoms with Gasteiger partial charge in [-0.05, 0) is 102 Å². The topological polar surface area (TPSA) is 114 Å². The molecule has 0 aliphatic heterocycles. The third-order valence-corrected chi connectivity index (χ3v) is 14.3. The number of allylic oxidation sites excluding steroid dienone is 13. The van der Waals surface area contributed by atoms with Gasteiger partial charge >= 0.3 is 5.97 Å². The van der Waals surface area contributed by atoms with Gasteiger partial charge < -0.3 is 28.5 Å². The van der Waals surface area contributed by atoms with Crippen LogP contribution in [0, 0.1) is 0 Å². The summed E-state index contributed by atoms with van der Waals surface area (Å²) < 4.78 is 30.3. The average Bonchev–Trinajstić information content (AvgIpc) is 3.37. The molecule has 3 unspecified atom stereocenters. The van der Waals surface area contributed by atoms with Crippen LogP contribution in [0.2, 0.25) is 0 Å². The van der Waals surface area contributed by atoms with Gasteiger partial charge in [0.1, 0.15) is 19.3 Å². The summed E-state index contributed by atoms with van der Waals surface area (Å²) in [5.41, 5.74) is 0. The van der Waals surface area contributed by atoms with Crippen molar-refractivity contribution in [3.63, 3.8) is 0 Å². The van der Waals surface area contributed by atoms with Gasteiger partial charge in [0.25, 0.3) is 7.82 Å². The molecule has 0 fully saturated rings. The number of quaternary nitrogens is 1. The molecule has 0 aromatic rings. The van der Waals surface area contributed by atoms with Crippen LogP contribution in [0.1, 0.15) is 265 Å². The van der Waals surface area contributed by atoms with Gasteiger partial charge in [0.2, 0.25) is 5.91 Å². The van der Waals surface area contributed by atoms with Gasteiger partial charge in [-0.2, -0.15) is 0 Å². The lowest BCUT2D eigenvalue weighted by atomic mass is 10.0. The molecule has 0 aromatic heterocycles. The van der Waals surface area contributed by atoms with Crippen molar-refractivity contribution < 1.29 is 37.3 Å². The fraction of sp³-hybridized carbons (Fsp3) is 0.754. The number of esters is 1. The lowest BCUT2D eigenvalue weighted by Crippen LogP contribution is -2.47. The van der Waals surface area contributed by atoms with Gasteiger partial charge in [-0.3, -0.25) is 14.2 Å². The molecule has 75 heavy (non-hydrogen) atoms. The number of amides is 1. The first kappa shape index (κ1) is 72.2. The van der Waals surface area contributed by atoms with Crippen LogP contribution in [0.3, 0.4) is 0 Å². The molecule has 10 heteroatoms. The van der Waals surface area contributed by atoms with Crippen LogP contribution in [0.5, 0.6) is 0 Å². The molecule has 1 N–H and O–H groups in total. The number of hydrogen-bond acceptors (Lipinski definition) is 7. The summed E-state index contributed by atoms with van der Waals surface area (Å²) in [6.45, 7) is 6.70. The Morgan fingerprint density at radius 3 is 1.31 bits per heavy atom. The zero-order valence-corrected chi connectivity index (χ0v) is 50.4. The van der Waals surface area contributed by atoms with E-state index in [0.717, 1.165) is 103 Å². The first-order chi connectivity index (χ1) is 36.4. The minimum Gasteiger partial charge on any atom is -0.756 e. The number of carbonyl (C=O) groups excluding carboxylic acids is 2. The highest BCUT2D eigenvalue weighted by molar-refractivity contribution is 7.45. The maximum atomic E-state index is 13.5. The number of hydrogen-bond donors (Lipinski definition) is 1. The second-order valence-electron chi connectivity index (χ2n) is 21.8. The van der Waals surface area contributed by atoms with E-state index in [1.165, 1.54) is 122 Å². The minimum absolute atomic E-state index is 0.0328. The molecule has 434 valence electrons. The van der Waals surface area contributed by atoms with Crippen LogP contribution in [0.25, 0.3) is 0 Å². The van der Waals surface area contributed by atoms with E-state index in [-0.39, 0.29) is 31.3 Å².